The van der Waals surface area contributed by atoms with Gasteiger partial charge >= 0.3 is 5.97 Å². The summed E-state index contributed by atoms with van der Waals surface area (Å²) in [6.45, 7) is 4.02. The maximum Gasteiger partial charge on any atom is 0.317 e. The molecule has 0 N–H and O–H groups in total. The average Bonchev–Trinajstić information content (AvgIpc) is 2.86. The van der Waals surface area contributed by atoms with Crippen LogP contribution in [0.5, 0.6) is 0 Å². The Hall–Kier alpha value is -1.90. The first-order chi connectivity index (χ1) is 10.0. The summed E-state index contributed by atoms with van der Waals surface area (Å²) in [5, 5.41) is 0. The lowest BCUT2D eigenvalue weighted by atomic mass is 9.59. The van der Waals surface area contributed by atoms with Gasteiger partial charge in [-0.15, -0.1) is 0 Å². The van der Waals surface area contributed by atoms with E-state index in [0.29, 0.717) is 6.42 Å². The van der Waals surface area contributed by atoms with Crippen LogP contribution in [0.25, 0.3) is 0 Å². The highest BCUT2D eigenvalue weighted by Crippen LogP contribution is 2.58. The topological polar surface area (TPSA) is 43.4 Å². The van der Waals surface area contributed by atoms with Gasteiger partial charge in [-0.1, -0.05) is 29.8 Å². The molecule has 3 heteroatoms. The Bertz CT molecular complexity index is 683. The fourth-order valence-electron chi connectivity index (χ4n) is 4.26. The van der Waals surface area contributed by atoms with Gasteiger partial charge in [-0.3, -0.25) is 9.59 Å². The van der Waals surface area contributed by atoms with Crippen LogP contribution in [-0.2, 0) is 14.3 Å². The first kappa shape index (κ1) is 12.8. The minimum Gasteiger partial charge on any atom is -0.457 e. The third-order valence-corrected chi connectivity index (χ3v) is 5.48. The Balaban J connectivity index is 1.86. The minimum absolute atomic E-state index is 0.119. The molecule has 5 rings (SSSR count). The Labute approximate surface area is 124 Å². The van der Waals surface area contributed by atoms with E-state index in [2.05, 4.69) is 31.2 Å². The number of fused-ring (bicyclic) bond motifs is 2. The van der Waals surface area contributed by atoms with E-state index >= 15 is 0 Å². The molecule has 0 amide bonds. The molecule has 2 aliphatic heterocycles. The molecule has 1 aromatic carbocycles. The van der Waals surface area contributed by atoms with E-state index in [4.69, 9.17) is 4.74 Å². The maximum absolute atomic E-state index is 12.5. The number of carbonyl (C=O) groups excluding carboxylic acids is 2. The fraction of sp³-hybridized carbons (Fsp3) is 0.444. The van der Waals surface area contributed by atoms with Gasteiger partial charge in [0, 0.05) is 17.9 Å². The molecule has 0 spiro atoms. The lowest BCUT2D eigenvalue weighted by Gasteiger charge is -2.49. The van der Waals surface area contributed by atoms with Gasteiger partial charge in [-0.2, -0.15) is 0 Å². The number of hydrogen-bond donors (Lipinski definition) is 0. The Morgan fingerprint density at radius 2 is 1.86 bits per heavy atom. The third-order valence-electron chi connectivity index (χ3n) is 5.48. The van der Waals surface area contributed by atoms with Crippen molar-refractivity contribution in [1.82, 2.24) is 0 Å². The molecular formula is C18H18O3. The number of rotatable bonds is 1. The molecule has 0 saturated carbocycles. The van der Waals surface area contributed by atoms with Crippen molar-refractivity contribution in [3.8, 4) is 0 Å². The number of benzene rings is 1. The SMILES string of the molecule is Cc1ccc([C@@H]2C[C@H]3OC(=O)[C@]2(C)C2=C3C(=O)CC2)cc1. The van der Waals surface area contributed by atoms with E-state index in [1.165, 1.54) is 11.1 Å². The monoisotopic (exact) mass is 282 g/mol. The van der Waals surface area contributed by atoms with Crippen LogP contribution >= 0.6 is 0 Å². The second-order valence-electron chi connectivity index (χ2n) is 6.61. The van der Waals surface area contributed by atoms with Crippen LogP contribution in [-0.4, -0.2) is 17.9 Å². The Morgan fingerprint density at radius 3 is 2.57 bits per heavy atom. The predicted octanol–water partition coefficient (Wildman–Crippen LogP) is 3.07. The number of hydrogen-bond acceptors (Lipinski definition) is 3. The largest absolute Gasteiger partial charge is 0.457 e. The number of aryl methyl sites for hydroxylation is 1. The van der Waals surface area contributed by atoms with Crippen molar-refractivity contribution in [2.75, 3.05) is 0 Å². The number of ether oxygens (including phenoxy) is 1. The van der Waals surface area contributed by atoms with Crippen molar-refractivity contribution < 1.29 is 14.3 Å². The summed E-state index contributed by atoms with van der Waals surface area (Å²) in [7, 11) is 0. The average molecular weight is 282 g/mol. The van der Waals surface area contributed by atoms with Gasteiger partial charge in [0.25, 0.3) is 0 Å². The summed E-state index contributed by atoms with van der Waals surface area (Å²) < 4.78 is 5.53. The van der Waals surface area contributed by atoms with Crippen LogP contribution in [0, 0.1) is 12.3 Å². The lowest BCUT2D eigenvalue weighted by molar-refractivity contribution is -0.169. The minimum atomic E-state index is -0.661. The molecule has 108 valence electrons. The molecule has 21 heavy (non-hydrogen) atoms. The highest BCUT2D eigenvalue weighted by Gasteiger charge is 2.59. The van der Waals surface area contributed by atoms with Crippen LogP contribution in [0.2, 0.25) is 0 Å². The molecular weight excluding hydrogens is 264 g/mol. The standard InChI is InChI=1S/C18H18O3/c1-10-3-5-11(6-4-10)13-9-15-16-12(7-8-14(16)19)18(13,2)17(20)21-15/h3-6,13,15H,7-9H2,1-2H3/t13-,15+,18+/m0/s1. The molecule has 3 atom stereocenters. The molecule has 4 aliphatic rings. The van der Waals surface area contributed by atoms with E-state index < -0.39 is 5.41 Å². The van der Waals surface area contributed by atoms with Gasteiger partial charge in [0.2, 0.25) is 0 Å². The molecule has 3 nitrogen and oxygen atoms in total. The van der Waals surface area contributed by atoms with Gasteiger partial charge in [0.05, 0.1) is 5.41 Å². The molecule has 2 aliphatic carbocycles. The van der Waals surface area contributed by atoms with E-state index in [9.17, 15) is 9.59 Å². The lowest BCUT2D eigenvalue weighted by Crippen LogP contribution is -2.51. The number of Topliss-reactive ketones (excluding diaryl/α,β-unsaturated/α-hetero) is 1. The summed E-state index contributed by atoms with van der Waals surface area (Å²) in [5.41, 5.74) is 3.58. The molecule has 0 radical (unpaired) electrons. The second kappa shape index (κ2) is 4.06. The quantitative estimate of drug-likeness (QED) is 0.743. The summed E-state index contributed by atoms with van der Waals surface area (Å²) in [6.07, 6.45) is 1.67. The van der Waals surface area contributed by atoms with Gasteiger partial charge in [-0.05, 0) is 37.8 Å². The van der Waals surface area contributed by atoms with Gasteiger partial charge < -0.3 is 4.74 Å². The third kappa shape index (κ3) is 1.55. The van der Waals surface area contributed by atoms with Crippen molar-refractivity contribution >= 4 is 11.8 Å². The zero-order valence-electron chi connectivity index (χ0n) is 12.3. The zero-order valence-corrected chi connectivity index (χ0v) is 12.3. The molecule has 1 fully saturated rings. The highest BCUT2D eigenvalue weighted by atomic mass is 16.5. The van der Waals surface area contributed by atoms with Crippen LogP contribution in [0.1, 0.15) is 43.2 Å². The van der Waals surface area contributed by atoms with Gasteiger partial charge in [-0.25, -0.2) is 0 Å². The first-order valence-electron chi connectivity index (χ1n) is 7.56. The fourth-order valence-corrected chi connectivity index (χ4v) is 4.26. The molecule has 2 heterocycles. The van der Waals surface area contributed by atoms with Crippen molar-refractivity contribution in [2.24, 2.45) is 5.41 Å². The van der Waals surface area contributed by atoms with Crippen LogP contribution in [0.3, 0.4) is 0 Å². The van der Waals surface area contributed by atoms with Crippen molar-refractivity contribution in [3.63, 3.8) is 0 Å². The van der Waals surface area contributed by atoms with Crippen molar-refractivity contribution in [1.29, 1.82) is 0 Å². The van der Waals surface area contributed by atoms with Gasteiger partial charge in [0.1, 0.15) is 6.10 Å². The normalized spacial score (nSPS) is 34.2. The molecule has 2 bridgehead atoms. The van der Waals surface area contributed by atoms with Crippen LogP contribution in [0.4, 0.5) is 0 Å². The summed E-state index contributed by atoms with van der Waals surface area (Å²) >= 11 is 0. The first-order valence-corrected chi connectivity index (χ1v) is 7.56. The van der Waals surface area contributed by atoms with Crippen LogP contribution < -0.4 is 0 Å². The number of esters is 1. The second-order valence-corrected chi connectivity index (χ2v) is 6.61. The summed E-state index contributed by atoms with van der Waals surface area (Å²) in [6, 6.07) is 8.38. The number of ketones is 1. The van der Waals surface area contributed by atoms with Crippen molar-refractivity contribution in [3.05, 3.63) is 46.5 Å². The molecule has 0 aromatic heterocycles. The van der Waals surface area contributed by atoms with E-state index in [1.54, 1.807) is 0 Å². The van der Waals surface area contributed by atoms with Crippen molar-refractivity contribution in [2.45, 2.75) is 45.1 Å². The predicted molar refractivity (Wildman–Crippen MR) is 77.8 cm³/mol. The van der Waals surface area contributed by atoms with E-state index in [1.807, 2.05) is 6.92 Å². The van der Waals surface area contributed by atoms with E-state index in [-0.39, 0.29) is 23.8 Å². The highest BCUT2D eigenvalue weighted by molar-refractivity contribution is 6.04. The van der Waals surface area contributed by atoms with Crippen LogP contribution in [0.15, 0.2) is 35.4 Å². The molecule has 1 aromatic rings. The van der Waals surface area contributed by atoms with E-state index in [0.717, 1.165) is 24.0 Å². The Kier molecular flexibility index (Phi) is 2.48. The maximum atomic E-state index is 12.5. The number of carbonyl (C=O) groups is 2. The molecule has 0 unspecified atom stereocenters. The smallest absolute Gasteiger partial charge is 0.317 e. The summed E-state index contributed by atoms with van der Waals surface area (Å²) in [5.74, 6) is 0.142. The van der Waals surface area contributed by atoms with Gasteiger partial charge in [0.15, 0.2) is 5.78 Å². The molecule has 1 saturated heterocycles. The summed E-state index contributed by atoms with van der Waals surface area (Å²) in [4.78, 5) is 24.6. The zero-order chi connectivity index (χ0) is 14.8. The Morgan fingerprint density at radius 1 is 1.14 bits per heavy atom.